The number of aliphatic hydroxyl groups excluding tert-OH is 1. The van der Waals surface area contributed by atoms with Crippen LogP contribution in [0.25, 0.3) is 0 Å². The van der Waals surface area contributed by atoms with Crippen LogP contribution in [0.5, 0.6) is 5.75 Å². The highest BCUT2D eigenvalue weighted by atomic mass is 16.5. The quantitative estimate of drug-likeness (QED) is 0.908. The van der Waals surface area contributed by atoms with Gasteiger partial charge in [-0.25, -0.2) is 0 Å². The Balaban J connectivity index is 2.22. The van der Waals surface area contributed by atoms with Gasteiger partial charge in [0.15, 0.2) is 5.75 Å². The predicted octanol–water partition coefficient (Wildman–Crippen LogP) is 2.91. The Hall–Kier alpha value is -2.33. The van der Waals surface area contributed by atoms with Crippen LogP contribution in [0, 0.1) is 0 Å². The number of amides is 1. The number of hydrogen-bond donors (Lipinski definition) is 1. The maximum absolute atomic E-state index is 12.2. The van der Waals surface area contributed by atoms with Gasteiger partial charge in [-0.1, -0.05) is 24.3 Å². The van der Waals surface area contributed by atoms with Gasteiger partial charge in [-0.05, 0) is 24.6 Å². The van der Waals surface area contributed by atoms with Crippen molar-refractivity contribution in [3.8, 4) is 5.75 Å². The van der Waals surface area contributed by atoms with Gasteiger partial charge in [-0.15, -0.1) is 0 Å². The monoisotopic (exact) mass is 283 g/mol. The van der Waals surface area contributed by atoms with Crippen LogP contribution in [-0.2, 0) is 4.79 Å². The molecule has 0 bridgehead atoms. The third-order valence-electron chi connectivity index (χ3n) is 3.59. The zero-order chi connectivity index (χ0) is 14.8. The summed E-state index contributed by atoms with van der Waals surface area (Å²) in [5.74, 6) is 1.30. The van der Waals surface area contributed by atoms with E-state index in [1.807, 2.05) is 42.5 Å². The van der Waals surface area contributed by atoms with E-state index in [9.17, 15) is 9.90 Å². The fourth-order valence-electron chi connectivity index (χ4n) is 2.71. The zero-order valence-electron chi connectivity index (χ0n) is 11.9. The van der Waals surface area contributed by atoms with E-state index in [2.05, 4.69) is 0 Å². The van der Waals surface area contributed by atoms with Crippen LogP contribution < -0.4 is 9.64 Å². The molecule has 108 valence electrons. The molecule has 1 heterocycles. The molecule has 0 radical (unpaired) electrons. The second kappa shape index (κ2) is 5.58. The second-order valence-electron chi connectivity index (χ2n) is 4.98. The molecular formula is C17H17NO3. The SMILES string of the molecule is CC(=O)N1C2=CC=CCC2=C(CCO)Oc2ccccc21. The van der Waals surface area contributed by atoms with E-state index >= 15 is 0 Å². The second-order valence-corrected chi connectivity index (χ2v) is 4.98. The first-order valence-corrected chi connectivity index (χ1v) is 7.00. The summed E-state index contributed by atoms with van der Waals surface area (Å²) >= 11 is 0. The molecule has 1 amide bonds. The molecule has 0 aromatic heterocycles. The van der Waals surface area contributed by atoms with Gasteiger partial charge in [0.05, 0.1) is 18.0 Å². The van der Waals surface area contributed by atoms with E-state index in [1.54, 1.807) is 11.8 Å². The highest BCUT2D eigenvalue weighted by Crippen LogP contribution is 2.41. The molecule has 1 N–H and O–H groups in total. The van der Waals surface area contributed by atoms with Crippen LogP contribution in [0.1, 0.15) is 19.8 Å². The average Bonchev–Trinajstić information content (AvgIpc) is 2.62. The van der Waals surface area contributed by atoms with Crippen molar-refractivity contribution < 1.29 is 14.6 Å². The summed E-state index contributed by atoms with van der Waals surface area (Å²) in [7, 11) is 0. The van der Waals surface area contributed by atoms with Gasteiger partial charge >= 0.3 is 0 Å². The Morgan fingerprint density at radius 1 is 1.38 bits per heavy atom. The Morgan fingerprint density at radius 3 is 2.95 bits per heavy atom. The van der Waals surface area contributed by atoms with E-state index in [4.69, 9.17) is 4.74 Å². The molecule has 2 aliphatic rings. The molecule has 4 nitrogen and oxygen atoms in total. The van der Waals surface area contributed by atoms with E-state index in [0.29, 0.717) is 18.6 Å². The number of rotatable bonds is 2. The molecule has 0 unspecified atom stereocenters. The molecule has 21 heavy (non-hydrogen) atoms. The Morgan fingerprint density at radius 2 is 2.19 bits per heavy atom. The largest absolute Gasteiger partial charge is 0.459 e. The lowest BCUT2D eigenvalue weighted by Gasteiger charge is -2.25. The number of carbonyl (C=O) groups excluding carboxylic acids is 1. The van der Waals surface area contributed by atoms with Gasteiger partial charge in [0.2, 0.25) is 5.91 Å². The van der Waals surface area contributed by atoms with Gasteiger partial charge in [-0.3, -0.25) is 9.69 Å². The van der Waals surface area contributed by atoms with E-state index in [0.717, 1.165) is 22.7 Å². The van der Waals surface area contributed by atoms with Crippen LogP contribution in [0.15, 0.2) is 59.5 Å². The summed E-state index contributed by atoms with van der Waals surface area (Å²) in [5, 5.41) is 9.29. The van der Waals surface area contributed by atoms with E-state index < -0.39 is 0 Å². The molecule has 1 aliphatic carbocycles. The average molecular weight is 283 g/mol. The minimum atomic E-state index is -0.0599. The van der Waals surface area contributed by atoms with Crippen LogP contribution in [-0.4, -0.2) is 17.6 Å². The molecule has 0 saturated carbocycles. The van der Waals surface area contributed by atoms with Gasteiger partial charge in [-0.2, -0.15) is 0 Å². The molecule has 1 aromatic carbocycles. The van der Waals surface area contributed by atoms with Crippen molar-refractivity contribution in [2.75, 3.05) is 11.5 Å². The van der Waals surface area contributed by atoms with Crippen LogP contribution in [0.4, 0.5) is 5.69 Å². The molecule has 1 aliphatic heterocycles. The number of aliphatic hydroxyl groups is 1. The summed E-state index contributed by atoms with van der Waals surface area (Å²) in [5.41, 5.74) is 2.52. The van der Waals surface area contributed by atoms with Crippen molar-refractivity contribution in [3.63, 3.8) is 0 Å². The van der Waals surface area contributed by atoms with Crippen molar-refractivity contribution in [2.45, 2.75) is 19.8 Å². The first kappa shape index (κ1) is 13.6. The number of nitrogens with zero attached hydrogens (tertiary/aromatic N) is 1. The number of fused-ring (bicyclic) bond motifs is 2. The third kappa shape index (κ3) is 2.38. The molecule has 0 atom stereocenters. The van der Waals surface area contributed by atoms with Crippen LogP contribution in [0.3, 0.4) is 0 Å². The minimum Gasteiger partial charge on any atom is -0.459 e. The number of anilines is 1. The Labute approximate surface area is 123 Å². The molecule has 0 saturated heterocycles. The van der Waals surface area contributed by atoms with Crippen LogP contribution >= 0.6 is 0 Å². The number of allylic oxidation sites excluding steroid dienone is 4. The molecule has 0 fully saturated rings. The zero-order valence-corrected chi connectivity index (χ0v) is 11.9. The maximum atomic E-state index is 12.2. The highest BCUT2D eigenvalue weighted by Gasteiger charge is 2.29. The summed E-state index contributed by atoms with van der Waals surface area (Å²) in [6.45, 7) is 1.56. The standard InChI is InChI=1S/C17H17NO3/c1-12(20)18-14-7-3-2-6-13(14)16(10-11-19)21-17-9-5-4-8-15(17)18/h2-5,7-9,19H,6,10-11H2,1H3. The fourth-order valence-corrected chi connectivity index (χ4v) is 2.71. The van der Waals surface area contributed by atoms with Gasteiger partial charge in [0, 0.05) is 18.9 Å². The van der Waals surface area contributed by atoms with Crippen LogP contribution in [0.2, 0.25) is 0 Å². The molecule has 3 rings (SSSR count). The lowest BCUT2D eigenvalue weighted by molar-refractivity contribution is -0.116. The number of hydrogen-bond acceptors (Lipinski definition) is 3. The van der Waals surface area contributed by atoms with Gasteiger partial charge in [0.1, 0.15) is 5.76 Å². The lowest BCUT2D eigenvalue weighted by atomic mass is 10.00. The van der Waals surface area contributed by atoms with Crippen molar-refractivity contribution in [1.82, 2.24) is 0 Å². The lowest BCUT2D eigenvalue weighted by Crippen LogP contribution is -2.28. The predicted molar refractivity (Wildman–Crippen MR) is 80.8 cm³/mol. The minimum absolute atomic E-state index is 0.0120. The first-order chi connectivity index (χ1) is 10.2. The number of ether oxygens (including phenoxy) is 1. The summed E-state index contributed by atoms with van der Waals surface area (Å²) < 4.78 is 6.00. The van der Waals surface area contributed by atoms with Gasteiger partial charge in [0.25, 0.3) is 0 Å². The summed E-state index contributed by atoms with van der Waals surface area (Å²) in [6.07, 6.45) is 7.01. The van der Waals surface area contributed by atoms with Crippen molar-refractivity contribution in [3.05, 3.63) is 59.5 Å². The van der Waals surface area contributed by atoms with Crippen molar-refractivity contribution in [1.29, 1.82) is 0 Å². The topological polar surface area (TPSA) is 49.8 Å². The Kier molecular flexibility index (Phi) is 3.62. The molecular weight excluding hydrogens is 266 g/mol. The molecule has 1 aromatic rings. The number of benzene rings is 1. The third-order valence-corrected chi connectivity index (χ3v) is 3.59. The van der Waals surface area contributed by atoms with E-state index in [1.165, 1.54) is 0 Å². The number of para-hydroxylation sites is 2. The smallest absolute Gasteiger partial charge is 0.228 e. The summed E-state index contributed by atoms with van der Waals surface area (Å²) in [4.78, 5) is 13.8. The first-order valence-electron chi connectivity index (χ1n) is 7.00. The molecule has 4 heteroatoms. The summed E-state index contributed by atoms with van der Waals surface area (Å²) in [6, 6.07) is 7.47. The maximum Gasteiger partial charge on any atom is 0.228 e. The molecule has 0 spiro atoms. The highest BCUT2D eigenvalue weighted by molar-refractivity contribution is 5.98. The van der Waals surface area contributed by atoms with Crippen molar-refractivity contribution >= 4 is 11.6 Å². The van der Waals surface area contributed by atoms with Crippen molar-refractivity contribution in [2.24, 2.45) is 0 Å². The van der Waals surface area contributed by atoms with E-state index in [-0.39, 0.29) is 12.5 Å². The fraction of sp³-hybridized carbons (Fsp3) is 0.235. The normalized spacial score (nSPS) is 16.7. The number of carbonyl (C=O) groups is 1. The Bertz CT molecular complexity index is 670. The van der Waals surface area contributed by atoms with Gasteiger partial charge < -0.3 is 9.84 Å².